The first-order valence-electron chi connectivity index (χ1n) is 7.80. The van der Waals surface area contributed by atoms with Gasteiger partial charge in [0, 0.05) is 17.3 Å². The summed E-state index contributed by atoms with van der Waals surface area (Å²) in [5, 5.41) is 4.38. The molecule has 0 unspecified atom stereocenters. The topological polar surface area (TPSA) is 58.9 Å². The van der Waals surface area contributed by atoms with Crippen LogP contribution in [0.4, 0.5) is 14.5 Å². The Balaban J connectivity index is 1.66. The van der Waals surface area contributed by atoms with E-state index in [-0.39, 0.29) is 24.2 Å². The Labute approximate surface area is 143 Å². The largest absolute Gasteiger partial charge is 0.463 e. The minimum Gasteiger partial charge on any atom is -0.463 e. The normalized spacial score (nSPS) is 11.9. The summed E-state index contributed by atoms with van der Waals surface area (Å²) in [5.41, 5.74) is 1.21. The van der Waals surface area contributed by atoms with Crippen molar-refractivity contribution in [2.24, 2.45) is 0 Å². The quantitative estimate of drug-likeness (QED) is 0.723. The third-order valence-corrected chi connectivity index (χ3v) is 3.75. The second-order valence-electron chi connectivity index (χ2n) is 5.52. The van der Waals surface area contributed by atoms with Crippen molar-refractivity contribution in [1.29, 1.82) is 0 Å². The van der Waals surface area contributed by atoms with Crippen LogP contribution in [-0.4, -0.2) is 12.5 Å². The fourth-order valence-corrected chi connectivity index (χ4v) is 2.56. The standard InChI is InChI=1S/C19H16F2N2O2/c20-15-9-8-14(11-16(15)21)23-18(24)12-22-19(17-7-4-10-25-17)13-5-2-1-3-6-13/h1-11,19,22H,12H2,(H,23,24)/p+1/t19-/m1/s1. The summed E-state index contributed by atoms with van der Waals surface area (Å²) in [6.45, 7) is 0.0965. The minimum atomic E-state index is -1.00. The van der Waals surface area contributed by atoms with E-state index in [1.807, 2.05) is 41.7 Å². The molecule has 128 valence electrons. The van der Waals surface area contributed by atoms with Gasteiger partial charge in [-0.1, -0.05) is 30.3 Å². The second kappa shape index (κ2) is 7.72. The number of halogens is 2. The number of quaternary nitrogens is 1. The summed E-state index contributed by atoms with van der Waals surface area (Å²) < 4.78 is 31.6. The van der Waals surface area contributed by atoms with E-state index in [0.717, 1.165) is 23.5 Å². The number of carbonyl (C=O) groups excluding carboxylic acids is 1. The molecule has 6 heteroatoms. The van der Waals surface area contributed by atoms with Crippen LogP contribution in [-0.2, 0) is 4.79 Å². The zero-order valence-corrected chi connectivity index (χ0v) is 13.3. The fraction of sp³-hybridized carbons (Fsp3) is 0.105. The van der Waals surface area contributed by atoms with Gasteiger partial charge in [-0.2, -0.15) is 0 Å². The van der Waals surface area contributed by atoms with E-state index in [1.165, 1.54) is 6.07 Å². The van der Waals surface area contributed by atoms with Gasteiger partial charge in [0.1, 0.15) is 0 Å². The average Bonchev–Trinajstić information content (AvgIpc) is 3.14. The van der Waals surface area contributed by atoms with Crippen LogP contribution in [0.5, 0.6) is 0 Å². The molecule has 1 heterocycles. The van der Waals surface area contributed by atoms with Crippen LogP contribution < -0.4 is 10.6 Å². The molecule has 3 aromatic rings. The van der Waals surface area contributed by atoms with Crippen molar-refractivity contribution in [1.82, 2.24) is 0 Å². The van der Waals surface area contributed by atoms with E-state index in [0.29, 0.717) is 0 Å². The van der Waals surface area contributed by atoms with Gasteiger partial charge < -0.3 is 15.1 Å². The molecule has 3 rings (SSSR count). The van der Waals surface area contributed by atoms with Gasteiger partial charge in [-0.3, -0.25) is 4.79 Å². The van der Waals surface area contributed by atoms with Crippen LogP contribution in [0.3, 0.4) is 0 Å². The van der Waals surface area contributed by atoms with Gasteiger partial charge in [-0.05, 0) is 24.3 Å². The third kappa shape index (κ3) is 4.30. The molecule has 0 aliphatic rings. The zero-order valence-electron chi connectivity index (χ0n) is 13.3. The number of hydrogen-bond donors (Lipinski definition) is 2. The Bertz CT molecular complexity index is 836. The van der Waals surface area contributed by atoms with E-state index in [1.54, 1.807) is 12.3 Å². The average molecular weight is 343 g/mol. The van der Waals surface area contributed by atoms with Gasteiger partial charge in [0.25, 0.3) is 5.91 Å². The van der Waals surface area contributed by atoms with E-state index < -0.39 is 11.6 Å². The van der Waals surface area contributed by atoms with E-state index >= 15 is 0 Å². The summed E-state index contributed by atoms with van der Waals surface area (Å²) in [7, 11) is 0. The van der Waals surface area contributed by atoms with Crippen LogP contribution in [0.1, 0.15) is 17.4 Å². The van der Waals surface area contributed by atoms with Gasteiger partial charge in [0.05, 0.1) is 6.26 Å². The summed E-state index contributed by atoms with van der Waals surface area (Å²) >= 11 is 0. The Kier molecular flexibility index (Phi) is 5.20. The number of furan rings is 1. The van der Waals surface area contributed by atoms with E-state index in [9.17, 15) is 13.6 Å². The fourth-order valence-electron chi connectivity index (χ4n) is 2.56. The Hall–Kier alpha value is -2.99. The number of nitrogens with one attached hydrogen (secondary N) is 1. The van der Waals surface area contributed by atoms with Gasteiger partial charge in [0.2, 0.25) is 0 Å². The van der Waals surface area contributed by atoms with Crippen LogP contribution >= 0.6 is 0 Å². The number of benzene rings is 2. The molecule has 4 nitrogen and oxygen atoms in total. The molecule has 0 aliphatic heterocycles. The molecule has 1 amide bonds. The van der Waals surface area contributed by atoms with Gasteiger partial charge in [0.15, 0.2) is 30.0 Å². The Morgan fingerprint density at radius 3 is 2.52 bits per heavy atom. The Morgan fingerprint density at radius 1 is 1.04 bits per heavy atom. The van der Waals surface area contributed by atoms with E-state index in [4.69, 9.17) is 4.42 Å². The molecule has 25 heavy (non-hydrogen) atoms. The van der Waals surface area contributed by atoms with E-state index in [2.05, 4.69) is 5.32 Å². The molecule has 1 atom stereocenters. The summed E-state index contributed by atoms with van der Waals surface area (Å²) in [4.78, 5) is 12.1. The smallest absolute Gasteiger partial charge is 0.279 e. The Morgan fingerprint density at radius 2 is 1.84 bits per heavy atom. The maximum absolute atomic E-state index is 13.2. The van der Waals surface area contributed by atoms with Crippen LogP contribution in [0, 0.1) is 11.6 Å². The number of carbonyl (C=O) groups is 1. The summed E-state index contributed by atoms with van der Waals surface area (Å²) in [6.07, 6.45) is 1.58. The maximum atomic E-state index is 13.2. The first-order chi connectivity index (χ1) is 12.1. The molecular weight excluding hydrogens is 326 g/mol. The van der Waals surface area contributed by atoms with Gasteiger partial charge in [-0.15, -0.1) is 0 Å². The van der Waals surface area contributed by atoms with Crippen LogP contribution in [0.25, 0.3) is 0 Å². The molecule has 0 aliphatic carbocycles. The highest BCUT2D eigenvalue weighted by Gasteiger charge is 2.21. The molecule has 1 aromatic heterocycles. The SMILES string of the molecule is O=C(C[NH2+][C@H](c1ccccc1)c1ccco1)Nc1ccc(F)c(F)c1. The van der Waals surface area contributed by atoms with Gasteiger partial charge in [-0.25, -0.2) is 8.78 Å². The van der Waals surface area contributed by atoms with Crippen molar-refractivity contribution >= 4 is 11.6 Å². The second-order valence-corrected chi connectivity index (χ2v) is 5.52. The molecule has 0 bridgehead atoms. The van der Waals surface area contributed by atoms with Gasteiger partial charge >= 0.3 is 0 Å². The monoisotopic (exact) mass is 343 g/mol. The lowest BCUT2D eigenvalue weighted by atomic mass is 10.0. The number of nitrogens with two attached hydrogens (primary N) is 1. The maximum Gasteiger partial charge on any atom is 0.279 e. The lowest BCUT2D eigenvalue weighted by Crippen LogP contribution is -2.87. The zero-order chi connectivity index (χ0) is 17.6. The van der Waals surface area contributed by atoms with Crippen LogP contribution in [0.2, 0.25) is 0 Å². The molecule has 3 N–H and O–H groups in total. The lowest BCUT2D eigenvalue weighted by molar-refractivity contribution is -0.678. The molecule has 2 aromatic carbocycles. The summed E-state index contributed by atoms with van der Waals surface area (Å²) in [5.74, 6) is -1.55. The van der Waals surface area contributed by atoms with Crippen LogP contribution in [0.15, 0.2) is 71.3 Å². The van der Waals surface area contributed by atoms with Crippen molar-refractivity contribution in [2.45, 2.75) is 6.04 Å². The number of hydrogen-bond acceptors (Lipinski definition) is 2. The highest BCUT2D eigenvalue weighted by Crippen LogP contribution is 2.18. The first-order valence-corrected chi connectivity index (χ1v) is 7.80. The molecular formula is C19H17F2N2O2+. The number of anilines is 1. The highest BCUT2D eigenvalue weighted by molar-refractivity contribution is 5.91. The van der Waals surface area contributed by atoms with Crippen molar-refractivity contribution in [3.63, 3.8) is 0 Å². The van der Waals surface area contributed by atoms with Crippen molar-refractivity contribution in [3.8, 4) is 0 Å². The highest BCUT2D eigenvalue weighted by atomic mass is 19.2. The molecule has 0 saturated carbocycles. The van der Waals surface area contributed by atoms with Crippen molar-refractivity contribution in [2.75, 3.05) is 11.9 Å². The summed E-state index contributed by atoms with van der Waals surface area (Å²) in [6, 6.07) is 16.4. The third-order valence-electron chi connectivity index (χ3n) is 3.75. The molecule has 0 spiro atoms. The predicted octanol–water partition coefficient (Wildman–Crippen LogP) is 2.85. The minimum absolute atomic E-state index is 0.0965. The lowest BCUT2D eigenvalue weighted by Gasteiger charge is -2.14. The molecule has 0 saturated heterocycles. The first kappa shape index (κ1) is 16.9. The van der Waals surface area contributed by atoms with Crippen molar-refractivity contribution in [3.05, 3.63) is 89.9 Å². The van der Waals surface area contributed by atoms with Crippen molar-refractivity contribution < 1.29 is 23.3 Å². The number of amides is 1. The number of rotatable bonds is 6. The molecule has 0 radical (unpaired) electrons. The molecule has 0 fully saturated rings. The predicted molar refractivity (Wildman–Crippen MR) is 88.8 cm³/mol.